The molecule has 0 spiro atoms. The molecule has 0 N–H and O–H groups in total. The van der Waals surface area contributed by atoms with Gasteiger partial charge < -0.3 is 0 Å². The van der Waals surface area contributed by atoms with E-state index in [0.717, 1.165) is 23.7 Å². The van der Waals surface area contributed by atoms with Gasteiger partial charge in [-0.25, -0.2) is 0 Å². The first-order chi connectivity index (χ1) is 6.45. The standard InChI is InChI=1S/C14H28/c1-7-11(4)14(5,6)13(8-2)12-9-10(12)3/h10-13H,7-9H2,1-6H3. The molecule has 14 heavy (non-hydrogen) atoms. The first kappa shape index (κ1) is 12.1. The highest BCUT2D eigenvalue weighted by molar-refractivity contribution is 4.95. The smallest absolute Gasteiger partial charge is 0.0298 e. The summed E-state index contributed by atoms with van der Waals surface area (Å²) in [5, 5.41) is 0. The summed E-state index contributed by atoms with van der Waals surface area (Å²) in [4.78, 5) is 0. The second kappa shape index (κ2) is 4.24. The van der Waals surface area contributed by atoms with Gasteiger partial charge in [-0.05, 0) is 35.5 Å². The van der Waals surface area contributed by atoms with E-state index in [4.69, 9.17) is 0 Å². The van der Waals surface area contributed by atoms with Crippen LogP contribution in [0.25, 0.3) is 0 Å². The van der Waals surface area contributed by atoms with Crippen molar-refractivity contribution in [2.45, 2.75) is 60.8 Å². The molecular formula is C14H28. The predicted molar refractivity (Wildman–Crippen MR) is 64.3 cm³/mol. The summed E-state index contributed by atoms with van der Waals surface area (Å²) in [5.41, 5.74) is 0.541. The SMILES string of the molecule is CCC(C)C(C)(C)C(CC)C1CC1C. The minimum Gasteiger partial charge on any atom is -0.0651 e. The van der Waals surface area contributed by atoms with Gasteiger partial charge in [-0.1, -0.05) is 54.4 Å². The molecule has 4 atom stereocenters. The number of hydrogen-bond acceptors (Lipinski definition) is 0. The molecule has 0 aliphatic heterocycles. The van der Waals surface area contributed by atoms with Crippen LogP contribution in [0.4, 0.5) is 0 Å². The molecule has 1 saturated carbocycles. The second-order valence-corrected chi connectivity index (χ2v) is 6.02. The Morgan fingerprint density at radius 2 is 1.71 bits per heavy atom. The number of rotatable bonds is 5. The third kappa shape index (κ3) is 2.15. The maximum atomic E-state index is 2.49. The van der Waals surface area contributed by atoms with Crippen LogP contribution in [0.15, 0.2) is 0 Å². The third-order valence-electron chi connectivity index (χ3n) is 4.97. The molecule has 0 saturated heterocycles. The molecule has 0 amide bonds. The Kier molecular flexibility index (Phi) is 3.66. The Bertz CT molecular complexity index is 180. The van der Waals surface area contributed by atoms with Crippen LogP contribution in [-0.2, 0) is 0 Å². The molecule has 0 heterocycles. The summed E-state index contributed by atoms with van der Waals surface area (Å²) in [6.07, 6.45) is 4.18. The summed E-state index contributed by atoms with van der Waals surface area (Å²) in [7, 11) is 0. The van der Waals surface area contributed by atoms with Crippen LogP contribution >= 0.6 is 0 Å². The maximum Gasteiger partial charge on any atom is -0.0298 e. The molecule has 1 aliphatic carbocycles. The van der Waals surface area contributed by atoms with Crippen molar-refractivity contribution in [1.29, 1.82) is 0 Å². The van der Waals surface area contributed by atoms with Crippen LogP contribution in [0.1, 0.15) is 60.8 Å². The Labute approximate surface area is 90.5 Å². The number of hydrogen-bond donors (Lipinski definition) is 0. The quantitative estimate of drug-likeness (QED) is 0.595. The van der Waals surface area contributed by atoms with Crippen molar-refractivity contribution in [1.82, 2.24) is 0 Å². The molecule has 4 unspecified atom stereocenters. The van der Waals surface area contributed by atoms with Crippen LogP contribution in [-0.4, -0.2) is 0 Å². The highest BCUT2D eigenvalue weighted by atomic mass is 14.5. The summed E-state index contributed by atoms with van der Waals surface area (Å²) in [6, 6.07) is 0. The molecule has 1 rings (SSSR count). The Balaban J connectivity index is 2.67. The molecule has 0 radical (unpaired) electrons. The largest absolute Gasteiger partial charge is 0.0651 e. The topological polar surface area (TPSA) is 0 Å². The lowest BCUT2D eigenvalue weighted by Crippen LogP contribution is -2.32. The zero-order valence-electron chi connectivity index (χ0n) is 10.9. The van der Waals surface area contributed by atoms with E-state index in [1.54, 1.807) is 0 Å². The van der Waals surface area contributed by atoms with Crippen molar-refractivity contribution in [3.63, 3.8) is 0 Å². The minimum absolute atomic E-state index is 0.541. The van der Waals surface area contributed by atoms with E-state index in [1.165, 1.54) is 19.3 Å². The summed E-state index contributed by atoms with van der Waals surface area (Å²) in [6.45, 7) is 14.5. The van der Waals surface area contributed by atoms with E-state index >= 15 is 0 Å². The molecule has 84 valence electrons. The monoisotopic (exact) mass is 196 g/mol. The lowest BCUT2D eigenvalue weighted by Gasteiger charge is -2.39. The van der Waals surface area contributed by atoms with E-state index < -0.39 is 0 Å². The summed E-state index contributed by atoms with van der Waals surface area (Å²) >= 11 is 0. The lowest BCUT2D eigenvalue weighted by molar-refractivity contribution is 0.0968. The molecule has 0 aromatic carbocycles. The van der Waals surface area contributed by atoms with Crippen molar-refractivity contribution in [3.8, 4) is 0 Å². The van der Waals surface area contributed by atoms with Crippen LogP contribution in [0.2, 0.25) is 0 Å². The first-order valence-electron chi connectivity index (χ1n) is 6.45. The van der Waals surface area contributed by atoms with Crippen molar-refractivity contribution >= 4 is 0 Å². The molecule has 0 bridgehead atoms. The lowest BCUT2D eigenvalue weighted by atomic mass is 9.66. The van der Waals surface area contributed by atoms with Gasteiger partial charge in [0.05, 0.1) is 0 Å². The van der Waals surface area contributed by atoms with Crippen LogP contribution in [0, 0.1) is 29.1 Å². The van der Waals surface area contributed by atoms with Crippen molar-refractivity contribution in [2.24, 2.45) is 29.1 Å². The van der Waals surface area contributed by atoms with E-state index in [-0.39, 0.29) is 0 Å². The van der Waals surface area contributed by atoms with Gasteiger partial charge in [-0.2, -0.15) is 0 Å². The third-order valence-corrected chi connectivity index (χ3v) is 4.97. The molecule has 1 fully saturated rings. The second-order valence-electron chi connectivity index (χ2n) is 6.02. The van der Waals surface area contributed by atoms with Crippen molar-refractivity contribution in [3.05, 3.63) is 0 Å². The van der Waals surface area contributed by atoms with Gasteiger partial charge in [-0.15, -0.1) is 0 Å². The molecular weight excluding hydrogens is 168 g/mol. The average molecular weight is 196 g/mol. The minimum atomic E-state index is 0.541. The van der Waals surface area contributed by atoms with E-state index in [2.05, 4.69) is 41.5 Å². The van der Waals surface area contributed by atoms with Gasteiger partial charge in [0.2, 0.25) is 0 Å². The molecule has 1 aliphatic rings. The molecule has 0 heteroatoms. The Hall–Kier alpha value is 0. The van der Waals surface area contributed by atoms with E-state index in [9.17, 15) is 0 Å². The van der Waals surface area contributed by atoms with E-state index in [1.807, 2.05) is 0 Å². The zero-order valence-corrected chi connectivity index (χ0v) is 10.9. The predicted octanol–water partition coefficient (Wildman–Crippen LogP) is 4.74. The average Bonchev–Trinajstić information content (AvgIpc) is 2.82. The van der Waals surface area contributed by atoms with Crippen LogP contribution in [0.3, 0.4) is 0 Å². The van der Waals surface area contributed by atoms with Gasteiger partial charge in [0.25, 0.3) is 0 Å². The van der Waals surface area contributed by atoms with Gasteiger partial charge in [0, 0.05) is 0 Å². The van der Waals surface area contributed by atoms with Crippen LogP contribution < -0.4 is 0 Å². The fourth-order valence-electron chi connectivity index (χ4n) is 3.18. The summed E-state index contributed by atoms with van der Waals surface area (Å²) in [5.74, 6) is 3.85. The highest BCUT2D eigenvalue weighted by Crippen LogP contribution is 2.54. The fourth-order valence-corrected chi connectivity index (χ4v) is 3.18. The van der Waals surface area contributed by atoms with E-state index in [0.29, 0.717) is 5.41 Å². The van der Waals surface area contributed by atoms with Crippen LogP contribution in [0.5, 0.6) is 0 Å². The van der Waals surface area contributed by atoms with Gasteiger partial charge in [0.15, 0.2) is 0 Å². The summed E-state index contributed by atoms with van der Waals surface area (Å²) < 4.78 is 0. The molecule has 0 aromatic rings. The van der Waals surface area contributed by atoms with Gasteiger partial charge in [-0.3, -0.25) is 0 Å². The fraction of sp³-hybridized carbons (Fsp3) is 1.00. The Morgan fingerprint density at radius 1 is 1.21 bits per heavy atom. The Morgan fingerprint density at radius 3 is 2.00 bits per heavy atom. The zero-order chi connectivity index (χ0) is 10.9. The van der Waals surface area contributed by atoms with Crippen molar-refractivity contribution < 1.29 is 0 Å². The van der Waals surface area contributed by atoms with Gasteiger partial charge >= 0.3 is 0 Å². The molecule has 0 aromatic heterocycles. The molecule has 0 nitrogen and oxygen atoms in total. The first-order valence-corrected chi connectivity index (χ1v) is 6.45. The van der Waals surface area contributed by atoms with Gasteiger partial charge in [0.1, 0.15) is 0 Å². The van der Waals surface area contributed by atoms with Crippen molar-refractivity contribution in [2.75, 3.05) is 0 Å². The maximum absolute atomic E-state index is 2.49. The highest BCUT2D eigenvalue weighted by Gasteiger charge is 2.46. The normalized spacial score (nSPS) is 31.3.